The summed E-state index contributed by atoms with van der Waals surface area (Å²) in [6.45, 7) is 3.94. The van der Waals surface area contributed by atoms with E-state index in [1.54, 1.807) is 24.3 Å². The lowest BCUT2D eigenvalue weighted by atomic mass is 10.2. The average Bonchev–Trinajstić information content (AvgIpc) is 2.34. The number of carbonyl (C=O) groups is 1. The van der Waals surface area contributed by atoms with E-state index in [0.717, 1.165) is 11.6 Å². The molecule has 0 unspecified atom stereocenters. The lowest BCUT2D eigenvalue weighted by Gasteiger charge is -2.09. The van der Waals surface area contributed by atoms with Crippen LogP contribution in [0.25, 0.3) is 6.08 Å². The minimum absolute atomic E-state index is 0.390. The second-order valence-electron chi connectivity index (χ2n) is 3.18. The summed E-state index contributed by atoms with van der Waals surface area (Å²) < 4.78 is 10.5. The van der Waals surface area contributed by atoms with E-state index in [1.807, 2.05) is 0 Å². The Balaban J connectivity index is 2.91. The van der Waals surface area contributed by atoms with Crippen LogP contribution in [-0.2, 0) is 4.79 Å². The highest BCUT2D eigenvalue weighted by Gasteiger charge is 2.03. The highest BCUT2D eigenvalue weighted by molar-refractivity contribution is 5.85. The van der Waals surface area contributed by atoms with Crippen molar-refractivity contribution < 1.29 is 19.4 Å². The maximum Gasteiger partial charge on any atom is 0.328 e. The molecule has 1 N–H and O–H groups in total. The van der Waals surface area contributed by atoms with E-state index < -0.39 is 5.97 Å². The van der Waals surface area contributed by atoms with Gasteiger partial charge in [0.15, 0.2) is 11.5 Å². The third-order valence-electron chi connectivity index (χ3n) is 1.96. The highest BCUT2D eigenvalue weighted by Crippen LogP contribution is 2.28. The lowest BCUT2D eigenvalue weighted by molar-refractivity contribution is -0.131. The van der Waals surface area contributed by atoms with Crippen molar-refractivity contribution in [3.63, 3.8) is 0 Å². The Morgan fingerprint density at radius 1 is 1.47 bits per heavy atom. The molecular formula is C13H14O4. The number of hydrogen-bond acceptors (Lipinski definition) is 3. The van der Waals surface area contributed by atoms with Crippen LogP contribution in [0.3, 0.4) is 0 Å². The molecule has 0 saturated carbocycles. The number of ether oxygens (including phenoxy) is 2. The summed E-state index contributed by atoms with van der Waals surface area (Å²) in [6.07, 6.45) is 4.19. The zero-order chi connectivity index (χ0) is 12.7. The van der Waals surface area contributed by atoms with Gasteiger partial charge in [-0.25, -0.2) is 4.79 Å². The zero-order valence-electron chi connectivity index (χ0n) is 9.55. The van der Waals surface area contributed by atoms with E-state index in [0.29, 0.717) is 18.1 Å². The van der Waals surface area contributed by atoms with Gasteiger partial charge in [0.2, 0.25) is 0 Å². The molecule has 1 aromatic rings. The largest absolute Gasteiger partial charge is 0.493 e. The normalized spacial score (nSPS) is 10.2. The third kappa shape index (κ3) is 4.03. The third-order valence-corrected chi connectivity index (χ3v) is 1.96. The number of benzene rings is 1. The molecule has 0 radical (unpaired) electrons. The Bertz CT molecular complexity index is 435. The summed E-state index contributed by atoms with van der Waals surface area (Å²) in [5.74, 6) is 0.162. The molecule has 4 nitrogen and oxygen atoms in total. The van der Waals surface area contributed by atoms with Crippen molar-refractivity contribution in [3.05, 3.63) is 42.5 Å². The van der Waals surface area contributed by atoms with E-state index in [1.165, 1.54) is 13.2 Å². The second-order valence-corrected chi connectivity index (χ2v) is 3.18. The fourth-order valence-corrected chi connectivity index (χ4v) is 1.22. The molecule has 0 aliphatic heterocycles. The summed E-state index contributed by atoms with van der Waals surface area (Å²) in [5, 5.41) is 8.52. The summed E-state index contributed by atoms with van der Waals surface area (Å²) in [7, 11) is 1.53. The van der Waals surface area contributed by atoms with Crippen molar-refractivity contribution in [1.29, 1.82) is 0 Å². The van der Waals surface area contributed by atoms with Gasteiger partial charge in [0, 0.05) is 6.08 Å². The van der Waals surface area contributed by atoms with Crippen LogP contribution in [0.2, 0.25) is 0 Å². The van der Waals surface area contributed by atoms with Crippen LogP contribution in [0.4, 0.5) is 0 Å². The van der Waals surface area contributed by atoms with E-state index >= 15 is 0 Å². The maximum absolute atomic E-state index is 10.4. The molecule has 0 heterocycles. The van der Waals surface area contributed by atoms with Gasteiger partial charge >= 0.3 is 5.97 Å². The monoisotopic (exact) mass is 234 g/mol. The number of rotatable bonds is 6. The molecule has 0 saturated heterocycles. The Kier molecular flexibility index (Phi) is 4.81. The summed E-state index contributed by atoms with van der Waals surface area (Å²) in [6, 6.07) is 5.18. The first-order chi connectivity index (χ1) is 8.17. The van der Waals surface area contributed by atoms with Crippen molar-refractivity contribution in [1.82, 2.24) is 0 Å². The van der Waals surface area contributed by atoms with Gasteiger partial charge in [0.25, 0.3) is 0 Å². The zero-order valence-corrected chi connectivity index (χ0v) is 9.55. The molecular weight excluding hydrogens is 220 g/mol. The summed E-state index contributed by atoms with van der Waals surface area (Å²) in [4.78, 5) is 10.4. The summed E-state index contributed by atoms with van der Waals surface area (Å²) >= 11 is 0. The Morgan fingerprint density at radius 2 is 2.24 bits per heavy atom. The fraction of sp³-hybridized carbons (Fsp3) is 0.154. The predicted molar refractivity (Wildman–Crippen MR) is 65.4 cm³/mol. The van der Waals surface area contributed by atoms with E-state index in [4.69, 9.17) is 14.6 Å². The number of carboxylic acid groups (broad SMARTS) is 1. The van der Waals surface area contributed by atoms with Gasteiger partial charge in [0.1, 0.15) is 6.61 Å². The smallest absolute Gasteiger partial charge is 0.328 e. The van der Waals surface area contributed by atoms with Gasteiger partial charge in [-0.3, -0.25) is 0 Å². The minimum Gasteiger partial charge on any atom is -0.493 e. The fourth-order valence-electron chi connectivity index (χ4n) is 1.22. The van der Waals surface area contributed by atoms with E-state index in [-0.39, 0.29) is 0 Å². The van der Waals surface area contributed by atoms with E-state index in [2.05, 4.69) is 6.58 Å². The Morgan fingerprint density at radius 3 is 2.82 bits per heavy atom. The van der Waals surface area contributed by atoms with Crippen LogP contribution in [-0.4, -0.2) is 24.8 Å². The van der Waals surface area contributed by atoms with Crippen LogP contribution in [0.15, 0.2) is 36.9 Å². The predicted octanol–water partition coefficient (Wildman–Crippen LogP) is 2.36. The number of methoxy groups -OCH3 is 1. The molecule has 0 aliphatic rings. The van der Waals surface area contributed by atoms with Crippen LogP contribution in [0.5, 0.6) is 11.5 Å². The van der Waals surface area contributed by atoms with Crippen molar-refractivity contribution in [3.8, 4) is 11.5 Å². The van der Waals surface area contributed by atoms with Crippen LogP contribution in [0, 0.1) is 0 Å². The van der Waals surface area contributed by atoms with Crippen LogP contribution < -0.4 is 9.47 Å². The van der Waals surface area contributed by atoms with Gasteiger partial charge < -0.3 is 14.6 Å². The molecule has 0 atom stereocenters. The van der Waals surface area contributed by atoms with Gasteiger partial charge in [-0.2, -0.15) is 0 Å². The second kappa shape index (κ2) is 6.37. The van der Waals surface area contributed by atoms with Crippen LogP contribution >= 0.6 is 0 Å². The molecule has 0 bridgehead atoms. The standard InChI is InChI=1S/C13H14O4/c1-3-8-17-11-6-4-10(5-7-13(14)15)9-12(11)16-2/h3-7,9H,1,8H2,2H3,(H,14,15)/b7-5+. The average molecular weight is 234 g/mol. The maximum atomic E-state index is 10.4. The summed E-state index contributed by atoms with van der Waals surface area (Å²) in [5.41, 5.74) is 0.732. The van der Waals surface area contributed by atoms with Gasteiger partial charge in [-0.15, -0.1) is 0 Å². The molecule has 0 amide bonds. The molecule has 4 heteroatoms. The quantitative estimate of drug-likeness (QED) is 0.606. The minimum atomic E-state index is -0.990. The Labute approximate surface area is 99.8 Å². The van der Waals surface area contributed by atoms with Crippen molar-refractivity contribution >= 4 is 12.0 Å². The lowest BCUT2D eigenvalue weighted by Crippen LogP contribution is -1.96. The number of aliphatic carboxylic acids is 1. The van der Waals surface area contributed by atoms with Crippen molar-refractivity contribution in [2.45, 2.75) is 0 Å². The molecule has 1 rings (SSSR count). The van der Waals surface area contributed by atoms with Gasteiger partial charge in [-0.1, -0.05) is 18.7 Å². The molecule has 0 spiro atoms. The molecule has 0 fully saturated rings. The van der Waals surface area contributed by atoms with Crippen molar-refractivity contribution in [2.24, 2.45) is 0 Å². The topological polar surface area (TPSA) is 55.8 Å². The number of carboxylic acids is 1. The van der Waals surface area contributed by atoms with Crippen molar-refractivity contribution in [2.75, 3.05) is 13.7 Å². The first kappa shape index (κ1) is 12.8. The molecule has 0 aromatic heterocycles. The number of hydrogen-bond donors (Lipinski definition) is 1. The molecule has 0 aliphatic carbocycles. The van der Waals surface area contributed by atoms with Gasteiger partial charge in [-0.05, 0) is 23.8 Å². The molecule has 1 aromatic carbocycles. The first-order valence-electron chi connectivity index (χ1n) is 5.00. The van der Waals surface area contributed by atoms with Crippen LogP contribution in [0.1, 0.15) is 5.56 Å². The SMILES string of the molecule is C=CCOc1ccc(/C=C/C(=O)O)cc1OC. The first-order valence-corrected chi connectivity index (χ1v) is 5.00. The van der Waals surface area contributed by atoms with E-state index in [9.17, 15) is 4.79 Å². The van der Waals surface area contributed by atoms with Gasteiger partial charge in [0.05, 0.1) is 7.11 Å². The molecule has 17 heavy (non-hydrogen) atoms. The highest BCUT2D eigenvalue weighted by atomic mass is 16.5. The molecule has 90 valence electrons. The Hall–Kier alpha value is -2.23.